The summed E-state index contributed by atoms with van der Waals surface area (Å²) in [6, 6.07) is 4.90. The first-order valence-electron chi connectivity index (χ1n) is 6.59. The number of fused-ring (bicyclic) bond motifs is 1. The molecule has 0 saturated carbocycles. The summed E-state index contributed by atoms with van der Waals surface area (Å²) in [6.45, 7) is 1.64. The van der Waals surface area contributed by atoms with Gasteiger partial charge in [0.25, 0.3) is 5.69 Å². The Bertz CT molecular complexity index is 679. The number of hydrogen-bond acceptors (Lipinski definition) is 6. The van der Waals surface area contributed by atoms with Crippen LogP contribution >= 0.6 is 0 Å². The summed E-state index contributed by atoms with van der Waals surface area (Å²) in [4.78, 5) is 14.6. The van der Waals surface area contributed by atoms with Gasteiger partial charge < -0.3 is 15.2 Å². The molecule has 2 heterocycles. The number of non-ortho nitro benzene ring substituents is 1. The molecule has 0 bridgehead atoms. The maximum Gasteiger partial charge on any atom is 0.278 e. The smallest absolute Gasteiger partial charge is 0.278 e. The number of nitrogens with zero attached hydrogens (tertiary/aromatic N) is 2. The number of nitro benzene ring substituents is 1. The molecule has 0 amide bonds. The van der Waals surface area contributed by atoms with E-state index >= 15 is 0 Å². The van der Waals surface area contributed by atoms with Gasteiger partial charge in [-0.25, -0.2) is 0 Å². The van der Waals surface area contributed by atoms with Gasteiger partial charge >= 0.3 is 0 Å². The van der Waals surface area contributed by atoms with Gasteiger partial charge in [0.05, 0.1) is 35.5 Å². The van der Waals surface area contributed by atoms with Crippen LogP contribution in [0, 0.1) is 15.5 Å². The summed E-state index contributed by atoms with van der Waals surface area (Å²) in [7, 11) is 0. The van der Waals surface area contributed by atoms with Crippen LogP contribution < -0.4 is 5.32 Å². The average Bonchev–Trinajstić information content (AvgIpc) is 2.46. The molecular weight excluding hydrogens is 274 g/mol. The molecule has 0 aliphatic carbocycles. The van der Waals surface area contributed by atoms with E-state index in [4.69, 9.17) is 4.74 Å². The van der Waals surface area contributed by atoms with Crippen molar-refractivity contribution < 1.29 is 14.8 Å². The summed E-state index contributed by atoms with van der Waals surface area (Å²) in [6.07, 6.45) is 3.10. The van der Waals surface area contributed by atoms with E-state index < -0.39 is 4.92 Å². The topological polar surface area (TPSA) is 97.5 Å². The van der Waals surface area contributed by atoms with Crippen LogP contribution in [0.5, 0.6) is 0 Å². The monoisotopic (exact) mass is 289 g/mol. The number of hydrogen-bond donors (Lipinski definition) is 2. The number of aliphatic hydroxyl groups excluding tert-OH is 1. The van der Waals surface area contributed by atoms with E-state index in [9.17, 15) is 15.2 Å². The Morgan fingerprint density at radius 1 is 1.38 bits per heavy atom. The number of benzene rings is 1. The van der Waals surface area contributed by atoms with Gasteiger partial charge in [0.1, 0.15) is 0 Å². The highest BCUT2D eigenvalue weighted by Crippen LogP contribution is 2.32. The van der Waals surface area contributed by atoms with Gasteiger partial charge in [-0.1, -0.05) is 0 Å². The third-order valence-electron chi connectivity index (χ3n) is 3.80. The molecule has 0 unspecified atom stereocenters. The second-order valence-corrected chi connectivity index (χ2v) is 5.32. The molecule has 0 radical (unpaired) electrons. The molecule has 0 spiro atoms. The summed E-state index contributed by atoms with van der Waals surface area (Å²) in [5, 5.41) is 25.0. The van der Waals surface area contributed by atoms with Crippen molar-refractivity contribution in [2.45, 2.75) is 0 Å². The molecule has 110 valence electrons. The normalized spacial score (nSPS) is 16.4. The van der Waals surface area contributed by atoms with Crippen LogP contribution in [0.25, 0.3) is 10.8 Å². The van der Waals surface area contributed by atoms with Crippen molar-refractivity contribution in [1.82, 2.24) is 4.98 Å². The summed E-state index contributed by atoms with van der Waals surface area (Å²) >= 11 is 0. The Morgan fingerprint density at radius 2 is 2.19 bits per heavy atom. The minimum absolute atomic E-state index is 0.0347. The fourth-order valence-electron chi connectivity index (χ4n) is 2.41. The molecule has 3 rings (SSSR count). The van der Waals surface area contributed by atoms with Gasteiger partial charge in [0.2, 0.25) is 0 Å². The number of aliphatic hydroxyl groups is 1. The summed E-state index contributed by atoms with van der Waals surface area (Å²) in [5.74, 6) is 0. The number of aromatic nitrogens is 1. The zero-order valence-electron chi connectivity index (χ0n) is 11.3. The predicted molar refractivity (Wildman–Crippen MR) is 77.2 cm³/mol. The van der Waals surface area contributed by atoms with Gasteiger partial charge in [0.15, 0.2) is 0 Å². The zero-order valence-corrected chi connectivity index (χ0v) is 11.3. The highest BCUT2D eigenvalue weighted by molar-refractivity contribution is 5.99. The lowest BCUT2D eigenvalue weighted by Crippen LogP contribution is -2.50. The van der Waals surface area contributed by atoms with E-state index in [2.05, 4.69) is 10.3 Å². The van der Waals surface area contributed by atoms with Crippen LogP contribution in [0.15, 0.2) is 30.6 Å². The lowest BCUT2D eigenvalue weighted by Gasteiger charge is -2.40. The van der Waals surface area contributed by atoms with Crippen molar-refractivity contribution in [2.24, 2.45) is 5.41 Å². The number of ether oxygens (including phenoxy) is 1. The molecule has 1 aliphatic heterocycles. The van der Waals surface area contributed by atoms with Crippen LogP contribution in [0.3, 0.4) is 0 Å². The Balaban J connectivity index is 1.93. The van der Waals surface area contributed by atoms with Crippen molar-refractivity contribution in [3.05, 3.63) is 40.7 Å². The lowest BCUT2D eigenvalue weighted by molar-refractivity contribution is -0.383. The van der Waals surface area contributed by atoms with E-state index in [-0.39, 0.29) is 17.7 Å². The molecule has 21 heavy (non-hydrogen) atoms. The first kappa shape index (κ1) is 13.7. The predicted octanol–water partition coefficient (Wildman–Crippen LogP) is 1.56. The van der Waals surface area contributed by atoms with Crippen LogP contribution in [0.4, 0.5) is 11.4 Å². The van der Waals surface area contributed by atoms with Crippen molar-refractivity contribution in [3.8, 4) is 0 Å². The molecule has 2 aromatic rings. The molecule has 7 heteroatoms. The molecule has 0 atom stereocenters. The van der Waals surface area contributed by atoms with E-state index in [1.165, 1.54) is 12.3 Å². The fourth-order valence-corrected chi connectivity index (χ4v) is 2.41. The Morgan fingerprint density at radius 3 is 2.81 bits per heavy atom. The number of anilines is 1. The first-order chi connectivity index (χ1) is 10.2. The largest absolute Gasteiger partial charge is 0.396 e. The second kappa shape index (κ2) is 5.27. The number of nitro groups is 1. The first-order valence-corrected chi connectivity index (χ1v) is 6.59. The third-order valence-corrected chi connectivity index (χ3v) is 3.80. The number of pyridine rings is 1. The van der Waals surface area contributed by atoms with E-state index in [0.29, 0.717) is 25.1 Å². The van der Waals surface area contributed by atoms with Gasteiger partial charge in [-0.3, -0.25) is 15.1 Å². The van der Waals surface area contributed by atoms with E-state index in [0.717, 1.165) is 11.1 Å². The number of rotatable bonds is 5. The van der Waals surface area contributed by atoms with Crippen molar-refractivity contribution >= 4 is 22.1 Å². The maximum atomic E-state index is 11.1. The Labute approximate surface area is 120 Å². The van der Waals surface area contributed by atoms with Crippen LogP contribution in [0.1, 0.15) is 0 Å². The van der Waals surface area contributed by atoms with Crippen LogP contribution in [0.2, 0.25) is 0 Å². The molecular formula is C14H15N3O4. The third kappa shape index (κ3) is 2.41. The van der Waals surface area contributed by atoms with Gasteiger partial charge in [-0.15, -0.1) is 0 Å². The standard InChI is InChI=1S/C14H15N3O4/c18-7-14(8-21-9-14)6-16-12-1-2-13(17(19)20)11-5-15-4-3-10(11)12/h1-5,16,18H,6-9H2. The Kier molecular flexibility index (Phi) is 3.44. The minimum atomic E-state index is -0.414. The average molecular weight is 289 g/mol. The fraction of sp³-hybridized carbons (Fsp3) is 0.357. The zero-order chi connectivity index (χ0) is 14.9. The highest BCUT2D eigenvalue weighted by Gasteiger charge is 2.37. The molecule has 1 aromatic carbocycles. The molecule has 1 aromatic heterocycles. The van der Waals surface area contributed by atoms with Gasteiger partial charge in [0, 0.05) is 36.1 Å². The minimum Gasteiger partial charge on any atom is -0.396 e. The molecule has 2 N–H and O–H groups in total. The van der Waals surface area contributed by atoms with E-state index in [1.54, 1.807) is 18.3 Å². The second-order valence-electron chi connectivity index (χ2n) is 5.32. The van der Waals surface area contributed by atoms with Crippen LogP contribution in [-0.2, 0) is 4.74 Å². The van der Waals surface area contributed by atoms with Crippen molar-refractivity contribution in [3.63, 3.8) is 0 Å². The molecule has 1 fully saturated rings. The summed E-state index contributed by atoms with van der Waals surface area (Å²) < 4.78 is 5.16. The molecule has 1 aliphatic rings. The maximum absolute atomic E-state index is 11.1. The SMILES string of the molecule is O=[N+]([O-])c1ccc(NCC2(CO)COC2)c2ccncc12. The summed E-state index contributed by atoms with van der Waals surface area (Å²) in [5.41, 5.74) is 0.562. The molecule has 1 saturated heterocycles. The number of nitrogens with one attached hydrogen (secondary N) is 1. The quantitative estimate of drug-likeness (QED) is 0.640. The lowest BCUT2D eigenvalue weighted by atomic mass is 9.87. The van der Waals surface area contributed by atoms with Crippen LogP contribution in [-0.4, -0.2) is 41.4 Å². The van der Waals surface area contributed by atoms with Crippen molar-refractivity contribution in [1.29, 1.82) is 0 Å². The van der Waals surface area contributed by atoms with E-state index in [1.807, 2.05) is 0 Å². The Hall–Kier alpha value is -2.25. The van der Waals surface area contributed by atoms with Gasteiger partial charge in [-0.05, 0) is 12.1 Å². The van der Waals surface area contributed by atoms with Gasteiger partial charge in [-0.2, -0.15) is 0 Å². The molecule has 7 nitrogen and oxygen atoms in total. The van der Waals surface area contributed by atoms with Crippen molar-refractivity contribution in [2.75, 3.05) is 31.7 Å². The highest BCUT2D eigenvalue weighted by atomic mass is 16.6.